The van der Waals surface area contributed by atoms with Crippen LogP contribution in [0.5, 0.6) is 0 Å². The highest BCUT2D eigenvalue weighted by atomic mass is 16.2. The standard InChI is InChI=1S/C25H26N2O2/c1-17(2)16-27-23-12-11-21(14-20(23)10-13-25(27)29)26-24(28)15-19-8-5-7-18-6-3-4-9-22(18)19/h3-9,11-12,14,17H,10,13,15-16H2,1-2H3,(H,26,28). The highest BCUT2D eigenvalue weighted by Crippen LogP contribution is 2.31. The minimum absolute atomic E-state index is 0.0350. The number of hydrogen-bond acceptors (Lipinski definition) is 2. The average molecular weight is 386 g/mol. The number of rotatable bonds is 5. The van der Waals surface area contributed by atoms with E-state index in [0.29, 0.717) is 18.8 Å². The van der Waals surface area contributed by atoms with Crippen LogP contribution in [0.2, 0.25) is 0 Å². The molecule has 3 aromatic rings. The van der Waals surface area contributed by atoms with Crippen molar-refractivity contribution in [3.63, 3.8) is 0 Å². The normalized spacial score (nSPS) is 13.6. The Morgan fingerprint density at radius 2 is 1.83 bits per heavy atom. The lowest BCUT2D eigenvalue weighted by atomic mass is 9.99. The number of nitrogens with one attached hydrogen (secondary N) is 1. The first kappa shape index (κ1) is 19.2. The summed E-state index contributed by atoms with van der Waals surface area (Å²) < 4.78 is 0. The number of hydrogen-bond donors (Lipinski definition) is 1. The van der Waals surface area contributed by atoms with E-state index in [1.165, 1.54) is 0 Å². The molecule has 0 aliphatic carbocycles. The molecular weight excluding hydrogens is 360 g/mol. The Morgan fingerprint density at radius 1 is 1.03 bits per heavy atom. The van der Waals surface area contributed by atoms with E-state index in [-0.39, 0.29) is 11.8 Å². The Bertz CT molecular complexity index is 1070. The maximum atomic E-state index is 12.7. The highest BCUT2D eigenvalue weighted by Gasteiger charge is 2.25. The molecule has 0 spiro atoms. The van der Waals surface area contributed by atoms with Gasteiger partial charge in [-0.15, -0.1) is 0 Å². The molecule has 29 heavy (non-hydrogen) atoms. The third-order valence-corrected chi connectivity index (χ3v) is 5.34. The fourth-order valence-corrected chi connectivity index (χ4v) is 4.03. The molecule has 148 valence electrons. The van der Waals surface area contributed by atoms with Crippen molar-refractivity contribution >= 4 is 34.0 Å². The van der Waals surface area contributed by atoms with Crippen molar-refractivity contribution in [2.45, 2.75) is 33.1 Å². The van der Waals surface area contributed by atoms with Crippen molar-refractivity contribution in [3.05, 3.63) is 71.8 Å². The van der Waals surface area contributed by atoms with E-state index in [4.69, 9.17) is 0 Å². The Morgan fingerprint density at radius 3 is 2.66 bits per heavy atom. The van der Waals surface area contributed by atoms with Crippen molar-refractivity contribution < 1.29 is 9.59 Å². The molecule has 0 fully saturated rings. The molecule has 0 unspecified atom stereocenters. The van der Waals surface area contributed by atoms with E-state index >= 15 is 0 Å². The summed E-state index contributed by atoms with van der Waals surface area (Å²) in [4.78, 5) is 26.9. The molecular formula is C25H26N2O2. The van der Waals surface area contributed by atoms with Gasteiger partial charge in [-0.2, -0.15) is 0 Å². The summed E-state index contributed by atoms with van der Waals surface area (Å²) in [6.45, 7) is 4.95. The number of carbonyl (C=O) groups is 2. The van der Waals surface area contributed by atoms with E-state index in [1.54, 1.807) is 0 Å². The molecule has 0 atom stereocenters. The number of fused-ring (bicyclic) bond motifs is 2. The number of amides is 2. The maximum Gasteiger partial charge on any atom is 0.228 e. The quantitative estimate of drug-likeness (QED) is 0.674. The zero-order chi connectivity index (χ0) is 20.4. The average Bonchev–Trinajstić information content (AvgIpc) is 2.70. The number of benzene rings is 3. The van der Waals surface area contributed by atoms with Gasteiger partial charge >= 0.3 is 0 Å². The van der Waals surface area contributed by atoms with E-state index in [0.717, 1.165) is 46.2 Å². The fourth-order valence-electron chi connectivity index (χ4n) is 4.03. The minimum atomic E-state index is -0.0350. The number of anilines is 2. The van der Waals surface area contributed by atoms with Crippen LogP contribution in [-0.4, -0.2) is 18.4 Å². The lowest BCUT2D eigenvalue weighted by Crippen LogP contribution is -2.37. The van der Waals surface area contributed by atoms with Gasteiger partial charge in [0, 0.05) is 24.3 Å². The molecule has 3 aromatic carbocycles. The van der Waals surface area contributed by atoms with Crippen molar-refractivity contribution in [2.75, 3.05) is 16.8 Å². The molecule has 4 nitrogen and oxygen atoms in total. The number of carbonyl (C=O) groups excluding carboxylic acids is 2. The third-order valence-electron chi connectivity index (χ3n) is 5.34. The van der Waals surface area contributed by atoms with Crippen LogP contribution in [0.15, 0.2) is 60.7 Å². The van der Waals surface area contributed by atoms with Crippen molar-refractivity contribution in [1.82, 2.24) is 0 Å². The van der Waals surface area contributed by atoms with Gasteiger partial charge in [0.1, 0.15) is 0 Å². The van der Waals surface area contributed by atoms with Gasteiger partial charge in [-0.05, 0) is 52.4 Å². The molecule has 4 heteroatoms. The summed E-state index contributed by atoms with van der Waals surface area (Å²) in [5.74, 6) is 0.552. The predicted molar refractivity (Wildman–Crippen MR) is 118 cm³/mol. The van der Waals surface area contributed by atoms with Crippen LogP contribution in [0, 0.1) is 5.92 Å². The van der Waals surface area contributed by atoms with Gasteiger partial charge in [0.15, 0.2) is 0 Å². The Labute approximate surface area is 171 Å². The van der Waals surface area contributed by atoms with Crippen LogP contribution in [0.1, 0.15) is 31.4 Å². The molecule has 4 rings (SSSR count). The van der Waals surface area contributed by atoms with E-state index in [1.807, 2.05) is 47.4 Å². The van der Waals surface area contributed by atoms with Crippen molar-refractivity contribution in [1.29, 1.82) is 0 Å². The van der Waals surface area contributed by atoms with E-state index < -0.39 is 0 Å². The zero-order valence-electron chi connectivity index (χ0n) is 16.9. The van der Waals surface area contributed by atoms with Crippen LogP contribution in [0.3, 0.4) is 0 Å². The Kier molecular flexibility index (Phi) is 5.34. The maximum absolute atomic E-state index is 12.7. The largest absolute Gasteiger partial charge is 0.326 e. The summed E-state index contributed by atoms with van der Waals surface area (Å²) in [5.41, 5.74) is 3.90. The smallest absolute Gasteiger partial charge is 0.228 e. The van der Waals surface area contributed by atoms with E-state index in [9.17, 15) is 9.59 Å². The molecule has 1 aliphatic rings. The molecule has 0 saturated carbocycles. The van der Waals surface area contributed by atoms with Crippen molar-refractivity contribution in [2.24, 2.45) is 5.92 Å². The van der Waals surface area contributed by atoms with Crippen LogP contribution in [0.25, 0.3) is 10.8 Å². The van der Waals surface area contributed by atoms with Gasteiger partial charge in [-0.1, -0.05) is 56.3 Å². The summed E-state index contributed by atoms with van der Waals surface area (Å²) in [7, 11) is 0. The summed E-state index contributed by atoms with van der Waals surface area (Å²) >= 11 is 0. The SMILES string of the molecule is CC(C)CN1C(=O)CCc2cc(NC(=O)Cc3cccc4ccccc34)ccc21. The second-order valence-corrected chi connectivity index (χ2v) is 8.10. The van der Waals surface area contributed by atoms with Crippen LogP contribution in [0.4, 0.5) is 11.4 Å². The van der Waals surface area contributed by atoms with Gasteiger partial charge in [0.05, 0.1) is 6.42 Å². The first-order chi connectivity index (χ1) is 14.0. The topological polar surface area (TPSA) is 49.4 Å². The van der Waals surface area contributed by atoms with Gasteiger partial charge in [-0.3, -0.25) is 9.59 Å². The Hall–Kier alpha value is -3.14. The molecule has 1 aliphatic heterocycles. The second-order valence-electron chi connectivity index (χ2n) is 8.10. The first-order valence-corrected chi connectivity index (χ1v) is 10.2. The first-order valence-electron chi connectivity index (χ1n) is 10.2. The Balaban J connectivity index is 1.51. The van der Waals surface area contributed by atoms with Gasteiger partial charge in [0.25, 0.3) is 0 Å². The molecule has 0 bridgehead atoms. The molecule has 2 amide bonds. The molecule has 0 aromatic heterocycles. The molecule has 1 heterocycles. The molecule has 0 saturated heterocycles. The molecule has 1 N–H and O–H groups in total. The van der Waals surface area contributed by atoms with E-state index in [2.05, 4.69) is 37.4 Å². The zero-order valence-corrected chi connectivity index (χ0v) is 16.9. The lowest BCUT2D eigenvalue weighted by Gasteiger charge is -2.31. The predicted octanol–water partition coefficient (Wildman–Crippen LogP) is 4.96. The van der Waals surface area contributed by atoms with Gasteiger partial charge in [0.2, 0.25) is 11.8 Å². The van der Waals surface area contributed by atoms with Gasteiger partial charge in [-0.25, -0.2) is 0 Å². The third kappa shape index (κ3) is 4.16. The van der Waals surface area contributed by atoms with Gasteiger partial charge < -0.3 is 10.2 Å². The summed E-state index contributed by atoms with van der Waals surface area (Å²) in [6.07, 6.45) is 1.57. The summed E-state index contributed by atoms with van der Waals surface area (Å²) in [6, 6.07) is 20.0. The second kappa shape index (κ2) is 8.08. The highest BCUT2D eigenvalue weighted by molar-refractivity contribution is 5.99. The van der Waals surface area contributed by atoms with Crippen LogP contribution in [-0.2, 0) is 22.4 Å². The van der Waals surface area contributed by atoms with Crippen LogP contribution >= 0.6 is 0 Å². The number of nitrogens with zero attached hydrogens (tertiary/aromatic N) is 1. The monoisotopic (exact) mass is 386 g/mol. The minimum Gasteiger partial charge on any atom is -0.326 e. The summed E-state index contributed by atoms with van der Waals surface area (Å²) in [5, 5.41) is 5.28. The molecule has 0 radical (unpaired) electrons. The number of aryl methyl sites for hydroxylation is 1. The lowest BCUT2D eigenvalue weighted by molar-refractivity contribution is -0.119. The van der Waals surface area contributed by atoms with Crippen molar-refractivity contribution in [3.8, 4) is 0 Å². The van der Waals surface area contributed by atoms with Crippen LogP contribution < -0.4 is 10.2 Å². The fraction of sp³-hybridized carbons (Fsp3) is 0.280.